The van der Waals surface area contributed by atoms with Crippen LogP contribution in [0.5, 0.6) is 0 Å². The van der Waals surface area contributed by atoms with Gasteiger partial charge in [0.2, 0.25) is 0 Å². The topological polar surface area (TPSA) is 44.7 Å². The summed E-state index contributed by atoms with van der Waals surface area (Å²) >= 11 is 0. The molecule has 19 heavy (non-hydrogen) atoms. The van der Waals surface area contributed by atoms with Gasteiger partial charge < -0.3 is 15.2 Å². The van der Waals surface area contributed by atoms with Gasteiger partial charge in [0.25, 0.3) is 0 Å². The third-order valence-corrected chi connectivity index (χ3v) is 3.99. The van der Waals surface area contributed by atoms with Crippen LogP contribution in [-0.2, 0) is 11.3 Å². The molecule has 1 atom stereocenters. The Hall–Kier alpha value is -0.940. The monoisotopic (exact) mass is 262 g/mol. The minimum absolute atomic E-state index is 0.157. The SMILES string of the molecule is OC1(CC2CN(Cc3ccccc3)CCO2)CNC1. The number of rotatable bonds is 4. The van der Waals surface area contributed by atoms with Gasteiger partial charge in [-0.15, -0.1) is 0 Å². The lowest BCUT2D eigenvalue weighted by Gasteiger charge is -2.42. The highest BCUT2D eigenvalue weighted by molar-refractivity contribution is 5.14. The number of β-amino-alcohol motifs (C(OH)–C–C–N with tert-alkyl or cyclic N) is 1. The smallest absolute Gasteiger partial charge is 0.0920 e. The summed E-state index contributed by atoms with van der Waals surface area (Å²) in [6, 6.07) is 10.5. The third kappa shape index (κ3) is 3.34. The van der Waals surface area contributed by atoms with E-state index in [0.717, 1.165) is 32.7 Å². The van der Waals surface area contributed by atoms with Crippen molar-refractivity contribution in [1.82, 2.24) is 10.2 Å². The maximum absolute atomic E-state index is 10.2. The third-order valence-electron chi connectivity index (χ3n) is 3.99. The van der Waals surface area contributed by atoms with E-state index in [1.165, 1.54) is 5.56 Å². The Labute approximate surface area is 114 Å². The molecule has 2 aliphatic heterocycles. The van der Waals surface area contributed by atoms with Gasteiger partial charge in [-0.2, -0.15) is 0 Å². The molecule has 0 aromatic heterocycles. The second-order valence-electron chi connectivity index (χ2n) is 5.75. The maximum Gasteiger partial charge on any atom is 0.0920 e. The molecule has 0 spiro atoms. The minimum atomic E-state index is -0.541. The normalized spacial score (nSPS) is 26.9. The molecule has 1 aromatic carbocycles. The molecule has 1 unspecified atom stereocenters. The molecule has 4 heteroatoms. The van der Waals surface area contributed by atoms with E-state index in [9.17, 15) is 5.11 Å². The molecule has 0 amide bonds. The Balaban J connectivity index is 1.53. The molecule has 0 radical (unpaired) electrons. The maximum atomic E-state index is 10.2. The molecule has 4 nitrogen and oxygen atoms in total. The Morgan fingerprint density at radius 1 is 1.32 bits per heavy atom. The molecule has 2 N–H and O–H groups in total. The molecule has 1 aromatic rings. The standard InChI is InChI=1S/C15H22N2O2/c18-15(11-16-12-15)8-14-10-17(6-7-19-14)9-13-4-2-1-3-5-13/h1-5,14,16,18H,6-12H2. The first-order valence-electron chi connectivity index (χ1n) is 7.05. The van der Waals surface area contributed by atoms with Crippen molar-refractivity contribution in [2.75, 3.05) is 32.8 Å². The zero-order valence-electron chi connectivity index (χ0n) is 11.2. The average Bonchev–Trinajstić information content (AvgIpc) is 2.38. The Morgan fingerprint density at radius 2 is 2.11 bits per heavy atom. The number of nitrogens with one attached hydrogen (secondary N) is 1. The lowest BCUT2D eigenvalue weighted by atomic mass is 9.89. The number of ether oxygens (including phenoxy) is 1. The Kier molecular flexibility index (Phi) is 3.84. The quantitative estimate of drug-likeness (QED) is 0.834. The van der Waals surface area contributed by atoms with Gasteiger partial charge in [0.1, 0.15) is 0 Å². The van der Waals surface area contributed by atoms with Crippen molar-refractivity contribution in [1.29, 1.82) is 0 Å². The van der Waals surface area contributed by atoms with Crippen LogP contribution >= 0.6 is 0 Å². The van der Waals surface area contributed by atoms with E-state index in [2.05, 4.69) is 34.5 Å². The number of morpholine rings is 1. The number of hydrogen-bond acceptors (Lipinski definition) is 4. The van der Waals surface area contributed by atoms with Gasteiger partial charge in [0, 0.05) is 39.1 Å². The molecular weight excluding hydrogens is 240 g/mol. The van der Waals surface area contributed by atoms with E-state index in [0.29, 0.717) is 13.1 Å². The fourth-order valence-corrected chi connectivity index (χ4v) is 2.87. The van der Waals surface area contributed by atoms with Gasteiger partial charge in [-0.25, -0.2) is 0 Å². The second-order valence-corrected chi connectivity index (χ2v) is 5.75. The summed E-state index contributed by atoms with van der Waals surface area (Å²) in [5.74, 6) is 0. The van der Waals surface area contributed by atoms with Crippen molar-refractivity contribution in [3.63, 3.8) is 0 Å². The predicted molar refractivity (Wildman–Crippen MR) is 73.9 cm³/mol. The fraction of sp³-hybridized carbons (Fsp3) is 0.600. The number of benzene rings is 1. The first kappa shape index (κ1) is 13.1. The van der Waals surface area contributed by atoms with E-state index in [4.69, 9.17) is 4.74 Å². The van der Waals surface area contributed by atoms with Crippen LogP contribution in [0.3, 0.4) is 0 Å². The Bertz CT molecular complexity index is 406. The highest BCUT2D eigenvalue weighted by Gasteiger charge is 2.38. The van der Waals surface area contributed by atoms with Crippen LogP contribution in [-0.4, -0.2) is 54.5 Å². The molecule has 0 saturated carbocycles. The van der Waals surface area contributed by atoms with Crippen LogP contribution in [0.25, 0.3) is 0 Å². The van der Waals surface area contributed by atoms with Crippen LogP contribution in [0, 0.1) is 0 Å². The van der Waals surface area contributed by atoms with Crippen LogP contribution in [0.4, 0.5) is 0 Å². The molecule has 0 bridgehead atoms. The zero-order valence-corrected chi connectivity index (χ0v) is 11.2. The van der Waals surface area contributed by atoms with Gasteiger partial charge >= 0.3 is 0 Å². The molecule has 2 aliphatic rings. The van der Waals surface area contributed by atoms with E-state index in [1.54, 1.807) is 0 Å². The van der Waals surface area contributed by atoms with E-state index in [-0.39, 0.29) is 6.10 Å². The van der Waals surface area contributed by atoms with Crippen LogP contribution in [0.2, 0.25) is 0 Å². The summed E-state index contributed by atoms with van der Waals surface area (Å²) in [6.45, 7) is 5.02. The minimum Gasteiger partial charge on any atom is -0.387 e. The van der Waals surface area contributed by atoms with Crippen molar-refractivity contribution in [3.8, 4) is 0 Å². The average molecular weight is 262 g/mol. The zero-order chi connectivity index (χ0) is 13.1. The molecule has 2 fully saturated rings. The highest BCUT2D eigenvalue weighted by Crippen LogP contribution is 2.22. The summed E-state index contributed by atoms with van der Waals surface area (Å²) in [5.41, 5.74) is 0.799. The van der Waals surface area contributed by atoms with Gasteiger partial charge in [0.15, 0.2) is 0 Å². The van der Waals surface area contributed by atoms with Gasteiger partial charge in [-0.3, -0.25) is 4.90 Å². The predicted octanol–water partition coefficient (Wildman–Crippen LogP) is 0.612. The molecule has 104 valence electrons. The largest absolute Gasteiger partial charge is 0.387 e. The number of hydrogen-bond donors (Lipinski definition) is 2. The van der Waals surface area contributed by atoms with E-state index < -0.39 is 5.60 Å². The van der Waals surface area contributed by atoms with Gasteiger partial charge in [-0.1, -0.05) is 30.3 Å². The highest BCUT2D eigenvalue weighted by atomic mass is 16.5. The Morgan fingerprint density at radius 3 is 2.79 bits per heavy atom. The molecule has 2 heterocycles. The fourth-order valence-electron chi connectivity index (χ4n) is 2.87. The lowest BCUT2D eigenvalue weighted by molar-refractivity contribution is -0.0967. The van der Waals surface area contributed by atoms with Crippen molar-refractivity contribution in [2.24, 2.45) is 0 Å². The van der Waals surface area contributed by atoms with Crippen LogP contribution < -0.4 is 5.32 Å². The number of aliphatic hydroxyl groups is 1. The van der Waals surface area contributed by atoms with Crippen molar-refractivity contribution >= 4 is 0 Å². The summed E-state index contributed by atoms with van der Waals surface area (Å²) in [5, 5.41) is 13.3. The van der Waals surface area contributed by atoms with Gasteiger partial charge in [-0.05, 0) is 5.56 Å². The van der Waals surface area contributed by atoms with Crippen molar-refractivity contribution in [3.05, 3.63) is 35.9 Å². The molecular formula is C15H22N2O2. The first-order valence-corrected chi connectivity index (χ1v) is 7.05. The summed E-state index contributed by atoms with van der Waals surface area (Å²) in [7, 11) is 0. The summed E-state index contributed by atoms with van der Waals surface area (Å²) < 4.78 is 5.79. The molecule has 3 rings (SSSR count). The first-order chi connectivity index (χ1) is 9.23. The number of nitrogens with zero attached hydrogens (tertiary/aromatic N) is 1. The summed E-state index contributed by atoms with van der Waals surface area (Å²) in [6.07, 6.45) is 0.898. The van der Waals surface area contributed by atoms with E-state index >= 15 is 0 Å². The van der Waals surface area contributed by atoms with Gasteiger partial charge in [0.05, 0.1) is 18.3 Å². The van der Waals surface area contributed by atoms with Crippen LogP contribution in [0.15, 0.2) is 30.3 Å². The van der Waals surface area contributed by atoms with Crippen molar-refractivity contribution in [2.45, 2.75) is 24.7 Å². The lowest BCUT2D eigenvalue weighted by Crippen LogP contribution is -2.62. The van der Waals surface area contributed by atoms with Crippen LogP contribution in [0.1, 0.15) is 12.0 Å². The second kappa shape index (κ2) is 5.59. The summed E-state index contributed by atoms with van der Waals surface area (Å²) in [4.78, 5) is 2.42. The molecule has 2 saturated heterocycles. The van der Waals surface area contributed by atoms with Crippen molar-refractivity contribution < 1.29 is 9.84 Å². The van der Waals surface area contributed by atoms with E-state index in [1.807, 2.05) is 6.07 Å². The molecule has 0 aliphatic carbocycles.